The van der Waals surface area contributed by atoms with Gasteiger partial charge in [0.1, 0.15) is 0 Å². The van der Waals surface area contributed by atoms with Crippen molar-refractivity contribution in [1.29, 1.82) is 0 Å². The minimum absolute atomic E-state index is 0.0315. The minimum atomic E-state index is -4.39. The number of para-hydroxylation sites is 1. The van der Waals surface area contributed by atoms with E-state index >= 15 is 0 Å². The topological polar surface area (TPSA) is 32.3 Å². The number of aliphatic hydroxyl groups excluding tert-OH is 1. The van der Waals surface area contributed by atoms with Crippen LogP contribution in [0.2, 0.25) is 0 Å². The van der Waals surface area contributed by atoms with Crippen LogP contribution in [0.5, 0.6) is 0 Å². The fraction of sp³-hybridized carbons (Fsp3) is 0.538. The second-order valence-corrected chi connectivity index (χ2v) is 5.11. The van der Waals surface area contributed by atoms with Crippen LogP contribution in [0.25, 0.3) is 0 Å². The number of halogens is 3. The van der Waals surface area contributed by atoms with Crippen LogP contribution in [0.1, 0.15) is 36.5 Å². The molecule has 1 saturated carbocycles. The fourth-order valence-corrected chi connectivity index (χ4v) is 2.67. The van der Waals surface area contributed by atoms with Gasteiger partial charge in [-0.2, -0.15) is 13.2 Å². The van der Waals surface area contributed by atoms with E-state index in [4.69, 9.17) is 0 Å². The van der Waals surface area contributed by atoms with Gasteiger partial charge in [0.2, 0.25) is 0 Å². The number of alkyl halides is 3. The van der Waals surface area contributed by atoms with Gasteiger partial charge in [0.25, 0.3) is 0 Å². The van der Waals surface area contributed by atoms with Crippen LogP contribution in [0.15, 0.2) is 18.2 Å². The van der Waals surface area contributed by atoms with E-state index in [0.29, 0.717) is 17.9 Å². The highest BCUT2D eigenvalue weighted by Crippen LogP contribution is 2.46. The molecule has 1 aromatic carbocycles. The highest BCUT2D eigenvalue weighted by atomic mass is 19.4. The summed E-state index contributed by atoms with van der Waals surface area (Å²) in [6.07, 6.45) is -2.61. The summed E-state index contributed by atoms with van der Waals surface area (Å²) >= 11 is 0. The Bertz CT molecular complexity index is 468. The number of benzene rings is 1. The summed E-state index contributed by atoms with van der Waals surface area (Å²) < 4.78 is 38.8. The molecule has 2 atom stereocenters. The van der Waals surface area contributed by atoms with E-state index in [0.717, 1.165) is 18.9 Å². The highest BCUT2D eigenvalue weighted by molar-refractivity contribution is 5.62. The lowest BCUT2D eigenvalue weighted by Gasteiger charge is -2.32. The molecule has 2 nitrogen and oxygen atoms in total. The van der Waals surface area contributed by atoms with Crippen LogP contribution in [0, 0.1) is 5.92 Å². The largest absolute Gasteiger partial charge is 0.418 e. The molecule has 0 saturated heterocycles. The second kappa shape index (κ2) is 3.88. The van der Waals surface area contributed by atoms with Gasteiger partial charge in [0, 0.05) is 11.6 Å². The average Bonchev–Trinajstić information content (AvgIpc) is 3.10. The third kappa shape index (κ3) is 1.96. The van der Waals surface area contributed by atoms with E-state index in [1.165, 1.54) is 6.07 Å². The predicted molar refractivity (Wildman–Crippen MR) is 61.2 cm³/mol. The molecule has 2 unspecified atom stereocenters. The van der Waals surface area contributed by atoms with Crippen LogP contribution in [0.3, 0.4) is 0 Å². The Morgan fingerprint density at radius 1 is 1.22 bits per heavy atom. The zero-order valence-corrected chi connectivity index (χ0v) is 9.67. The first-order valence-corrected chi connectivity index (χ1v) is 6.11. The van der Waals surface area contributed by atoms with Crippen LogP contribution >= 0.6 is 0 Å². The first-order valence-electron chi connectivity index (χ1n) is 6.11. The summed E-state index contributed by atoms with van der Waals surface area (Å²) in [4.78, 5) is 0. The maximum absolute atomic E-state index is 12.9. The van der Waals surface area contributed by atoms with Crippen LogP contribution < -0.4 is 5.32 Å². The molecule has 0 aromatic heterocycles. The first-order chi connectivity index (χ1) is 8.47. The zero-order chi connectivity index (χ0) is 12.9. The molecule has 2 N–H and O–H groups in total. The summed E-state index contributed by atoms with van der Waals surface area (Å²) in [5, 5.41) is 13.0. The van der Waals surface area contributed by atoms with E-state index < -0.39 is 17.8 Å². The van der Waals surface area contributed by atoms with Gasteiger partial charge in [-0.05, 0) is 31.2 Å². The van der Waals surface area contributed by atoms with E-state index in [1.807, 2.05) is 0 Å². The Labute approximate surface area is 103 Å². The van der Waals surface area contributed by atoms with E-state index in [2.05, 4.69) is 5.32 Å². The molecule has 1 aliphatic heterocycles. The van der Waals surface area contributed by atoms with Crippen molar-refractivity contribution in [3.05, 3.63) is 29.3 Å². The van der Waals surface area contributed by atoms with Gasteiger partial charge in [0.05, 0.1) is 17.4 Å². The molecule has 1 aromatic rings. The van der Waals surface area contributed by atoms with Crippen molar-refractivity contribution < 1.29 is 18.3 Å². The summed E-state index contributed by atoms with van der Waals surface area (Å²) in [6.45, 7) is 0. The van der Waals surface area contributed by atoms with E-state index in [-0.39, 0.29) is 11.7 Å². The predicted octanol–water partition coefficient (Wildman–Crippen LogP) is 3.33. The molecule has 5 heteroatoms. The lowest BCUT2D eigenvalue weighted by molar-refractivity contribution is -0.137. The highest BCUT2D eigenvalue weighted by Gasteiger charge is 2.41. The van der Waals surface area contributed by atoms with Crippen molar-refractivity contribution >= 4 is 5.69 Å². The summed E-state index contributed by atoms with van der Waals surface area (Å²) in [5.41, 5.74) is -0.244. The Kier molecular flexibility index (Phi) is 2.55. The number of nitrogens with one attached hydrogen (secondary N) is 1. The third-order valence-electron chi connectivity index (χ3n) is 3.76. The van der Waals surface area contributed by atoms with Gasteiger partial charge >= 0.3 is 6.18 Å². The Balaban J connectivity index is 2.03. The smallest absolute Gasteiger partial charge is 0.388 e. The number of aliphatic hydroxyl groups is 1. The Morgan fingerprint density at radius 3 is 2.56 bits per heavy atom. The number of anilines is 1. The Hall–Kier alpha value is -1.23. The van der Waals surface area contributed by atoms with Crippen LogP contribution in [-0.4, -0.2) is 11.1 Å². The van der Waals surface area contributed by atoms with Crippen LogP contribution in [-0.2, 0) is 6.18 Å². The number of hydrogen-bond acceptors (Lipinski definition) is 2. The fourth-order valence-electron chi connectivity index (χ4n) is 2.67. The second-order valence-electron chi connectivity index (χ2n) is 5.11. The van der Waals surface area contributed by atoms with E-state index in [1.54, 1.807) is 6.07 Å². The normalized spacial score (nSPS) is 27.6. The summed E-state index contributed by atoms with van der Waals surface area (Å²) in [6, 6.07) is 3.94. The molecule has 3 rings (SSSR count). The molecular formula is C13H14F3NO. The van der Waals surface area contributed by atoms with Gasteiger partial charge in [-0.15, -0.1) is 0 Å². The molecule has 0 bridgehead atoms. The number of hydrogen-bond donors (Lipinski definition) is 2. The van der Waals surface area contributed by atoms with Gasteiger partial charge < -0.3 is 10.4 Å². The minimum Gasteiger partial charge on any atom is -0.388 e. The van der Waals surface area contributed by atoms with E-state index in [9.17, 15) is 18.3 Å². The SMILES string of the molecule is OC1CC(C2CC2)Nc2c1cccc2C(F)(F)F. The molecule has 0 spiro atoms. The average molecular weight is 257 g/mol. The molecule has 2 aliphatic rings. The van der Waals surface area contributed by atoms with Crippen molar-refractivity contribution in [3.8, 4) is 0 Å². The standard InChI is InChI=1S/C13H14F3NO/c14-13(15,16)9-3-1-2-8-11(18)6-10(7-4-5-7)17-12(8)9/h1-3,7,10-11,17-18H,4-6H2. The lowest BCUT2D eigenvalue weighted by atomic mass is 9.90. The molecule has 98 valence electrons. The number of fused-ring (bicyclic) bond motifs is 1. The van der Waals surface area contributed by atoms with Crippen molar-refractivity contribution in [2.45, 2.75) is 37.6 Å². The Morgan fingerprint density at radius 2 is 1.94 bits per heavy atom. The number of rotatable bonds is 1. The summed E-state index contributed by atoms with van der Waals surface area (Å²) in [5.74, 6) is 0.411. The van der Waals surface area contributed by atoms with Gasteiger partial charge in [-0.1, -0.05) is 12.1 Å². The van der Waals surface area contributed by atoms with Gasteiger partial charge in [-0.3, -0.25) is 0 Å². The summed E-state index contributed by atoms with van der Waals surface area (Å²) in [7, 11) is 0. The van der Waals surface area contributed by atoms with Gasteiger partial charge in [-0.25, -0.2) is 0 Å². The molecule has 0 radical (unpaired) electrons. The van der Waals surface area contributed by atoms with Crippen molar-refractivity contribution in [2.24, 2.45) is 5.92 Å². The quantitative estimate of drug-likeness (QED) is 0.808. The molecule has 1 aliphatic carbocycles. The molecule has 1 fully saturated rings. The monoisotopic (exact) mass is 257 g/mol. The van der Waals surface area contributed by atoms with Crippen LogP contribution in [0.4, 0.5) is 18.9 Å². The van der Waals surface area contributed by atoms with Gasteiger partial charge in [0.15, 0.2) is 0 Å². The molecule has 0 amide bonds. The third-order valence-corrected chi connectivity index (χ3v) is 3.76. The first kappa shape index (κ1) is 11.8. The maximum Gasteiger partial charge on any atom is 0.418 e. The van der Waals surface area contributed by atoms with Crippen molar-refractivity contribution in [2.75, 3.05) is 5.32 Å². The molecule has 18 heavy (non-hydrogen) atoms. The molecular weight excluding hydrogens is 243 g/mol. The molecule has 1 heterocycles. The van der Waals surface area contributed by atoms with Crippen molar-refractivity contribution in [3.63, 3.8) is 0 Å². The zero-order valence-electron chi connectivity index (χ0n) is 9.67. The lowest BCUT2D eigenvalue weighted by Crippen LogP contribution is -2.31. The van der Waals surface area contributed by atoms with Crippen molar-refractivity contribution in [1.82, 2.24) is 0 Å². The maximum atomic E-state index is 12.9.